The highest BCUT2D eigenvalue weighted by atomic mass is 19.1. The first kappa shape index (κ1) is 14.8. The zero-order valence-electron chi connectivity index (χ0n) is 11.4. The number of aryl methyl sites for hydroxylation is 1. The van der Waals surface area contributed by atoms with Crippen LogP contribution in [0, 0.1) is 18.6 Å². The van der Waals surface area contributed by atoms with E-state index in [1.165, 1.54) is 25.1 Å². The number of amides is 1. The minimum atomic E-state index is -1.00. The van der Waals surface area contributed by atoms with Gasteiger partial charge in [0.1, 0.15) is 23.4 Å². The monoisotopic (exact) mass is 293 g/mol. The molecule has 0 saturated heterocycles. The zero-order chi connectivity index (χ0) is 15.6. The Kier molecular flexibility index (Phi) is 4.11. The fourth-order valence-corrected chi connectivity index (χ4v) is 1.75. The van der Waals surface area contributed by atoms with E-state index in [9.17, 15) is 18.4 Å². The van der Waals surface area contributed by atoms with Crippen molar-refractivity contribution in [2.24, 2.45) is 0 Å². The molecule has 0 radical (unpaired) electrons. The molecule has 1 aromatic carbocycles. The molecular weight excluding hydrogens is 280 g/mol. The second-order valence-corrected chi connectivity index (χ2v) is 4.52. The SMILES string of the molecule is Cc1ccc(=O)n([C@H](C)C(=O)Nc2c(F)cccc2F)n1. The van der Waals surface area contributed by atoms with Crippen molar-refractivity contribution < 1.29 is 13.6 Å². The topological polar surface area (TPSA) is 64.0 Å². The van der Waals surface area contributed by atoms with E-state index in [0.29, 0.717) is 5.69 Å². The summed E-state index contributed by atoms with van der Waals surface area (Å²) < 4.78 is 27.9. The van der Waals surface area contributed by atoms with Crippen molar-refractivity contribution in [1.82, 2.24) is 9.78 Å². The summed E-state index contributed by atoms with van der Waals surface area (Å²) in [5.74, 6) is -2.51. The van der Waals surface area contributed by atoms with Crippen LogP contribution in [0.2, 0.25) is 0 Å². The Labute approximate surface area is 119 Å². The molecule has 0 saturated carbocycles. The summed E-state index contributed by atoms with van der Waals surface area (Å²) in [6.45, 7) is 3.08. The molecule has 5 nitrogen and oxygen atoms in total. The number of carbonyl (C=O) groups is 1. The highest BCUT2D eigenvalue weighted by molar-refractivity contribution is 5.93. The van der Waals surface area contributed by atoms with E-state index in [-0.39, 0.29) is 0 Å². The Morgan fingerprint density at radius 2 is 1.86 bits per heavy atom. The summed E-state index contributed by atoms with van der Waals surface area (Å²) in [4.78, 5) is 23.7. The molecule has 0 bridgehead atoms. The summed E-state index contributed by atoms with van der Waals surface area (Å²) in [6.07, 6.45) is 0. The van der Waals surface area contributed by atoms with Gasteiger partial charge in [-0.05, 0) is 32.0 Å². The summed E-state index contributed by atoms with van der Waals surface area (Å²) in [7, 11) is 0. The standard InChI is InChI=1S/C14H13F2N3O2/c1-8-6-7-12(20)19(18-8)9(2)14(21)17-13-10(15)4-3-5-11(13)16/h3-7,9H,1-2H3,(H,17,21)/t9-/m1/s1. The summed E-state index contributed by atoms with van der Waals surface area (Å²) in [5.41, 5.74) is -0.473. The lowest BCUT2D eigenvalue weighted by Crippen LogP contribution is -2.33. The molecule has 0 aliphatic heterocycles. The first-order valence-corrected chi connectivity index (χ1v) is 6.21. The Morgan fingerprint density at radius 1 is 1.24 bits per heavy atom. The average Bonchev–Trinajstić information content (AvgIpc) is 2.44. The van der Waals surface area contributed by atoms with Crippen molar-refractivity contribution in [3.8, 4) is 0 Å². The van der Waals surface area contributed by atoms with E-state index in [1.54, 1.807) is 6.92 Å². The molecular formula is C14H13F2N3O2. The van der Waals surface area contributed by atoms with Crippen molar-refractivity contribution in [3.05, 3.63) is 58.0 Å². The molecule has 0 aliphatic carbocycles. The molecule has 110 valence electrons. The van der Waals surface area contributed by atoms with Crippen LogP contribution in [-0.4, -0.2) is 15.7 Å². The number of halogens is 2. The molecule has 7 heteroatoms. The first-order valence-electron chi connectivity index (χ1n) is 6.21. The number of benzene rings is 1. The van der Waals surface area contributed by atoms with Crippen LogP contribution in [0.5, 0.6) is 0 Å². The molecule has 0 fully saturated rings. The highest BCUT2D eigenvalue weighted by Gasteiger charge is 2.20. The predicted octanol–water partition coefficient (Wildman–Crippen LogP) is 2.03. The van der Waals surface area contributed by atoms with Gasteiger partial charge in [-0.25, -0.2) is 13.5 Å². The molecule has 0 spiro atoms. The number of hydrogen-bond acceptors (Lipinski definition) is 3. The number of aromatic nitrogens is 2. The molecule has 1 aromatic heterocycles. The number of nitrogens with zero attached hydrogens (tertiary/aromatic N) is 2. The predicted molar refractivity (Wildman–Crippen MR) is 72.9 cm³/mol. The molecule has 21 heavy (non-hydrogen) atoms. The van der Waals surface area contributed by atoms with Crippen LogP contribution < -0.4 is 10.9 Å². The lowest BCUT2D eigenvalue weighted by atomic mass is 10.2. The van der Waals surface area contributed by atoms with E-state index in [4.69, 9.17) is 0 Å². The van der Waals surface area contributed by atoms with Gasteiger partial charge in [-0.2, -0.15) is 5.10 Å². The summed E-state index contributed by atoms with van der Waals surface area (Å²) in [5, 5.41) is 6.07. The maximum absolute atomic E-state index is 13.5. The fraction of sp³-hybridized carbons (Fsp3) is 0.214. The van der Waals surface area contributed by atoms with Gasteiger partial charge in [-0.1, -0.05) is 6.07 Å². The van der Waals surface area contributed by atoms with Crippen LogP contribution in [0.1, 0.15) is 18.7 Å². The quantitative estimate of drug-likeness (QED) is 0.941. The average molecular weight is 293 g/mol. The number of hydrogen-bond donors (Lipinski definition) is 1. The number of anilines is 1. The molecule has 2 aromatic rings. The second kappa shape index (κ2) is 5.82. The van der Waals surface area contributed by atoms with Gasteiger partial charge in [0, 0.05) is 6.07 Å². The number of rotatable bonds is 3. The molecule has 0 unspecified atom stereocenters. The van der Waals surface area contributed by atoms with Crippen LogP contribution in [-0.2, 0) is 4.79 Å². The van der Waals surface area contributed by atoms with Crippen LogP contribution in [0.4, 0.5) is 14.5 Å². The normalized spacial score (nSPS) is 12.0. The van der Waals surface area contributed by atoms with E-state index >= 15 is 0 Å². The van der Waals surface area contributed by atoms with Gasteiger partial charge in [0.05, 0.1) is 5.69 Å². The molecule has 1 amide bonds. The zero-order valence-corrected chi connectivity index (χ0v) is 11.4. The maximum Gasteiger partial charge on any atom is 0.267 e. The van der Waals surface area contributed by atoms with Crippen molar-refractivity contribution in [1.29, 1.82) is 0 Å². The van der Waals surface area contributed by atoms with Gasteiger partial charge < -0.3 is 5.32 Å². The van der Waals surface area contributed by atoms with Crippen molar-refractivity contribution in [3.63, 3.8) is 0 Å². The van der Waals surface area contributed by atoms with Crippen molar-refractivity contribution in [2.75, 3.05) is 5.32 Å². The lowest BCUT2D eigenvalue weighted by molar-refractivity contribution is -0.119. The fourth-order valence-electron chi connectivity index (χ4n) is 1.75. The Balaban J connectivity index is 2.28. The van der Waals surface area contributed by atoms with Gasteiger partial charge >= 0.3 is 0 Å². The summed E-state index contributed by atoms with van der Waals surface area (Å²) in [6, 6.07) is 5.03. The van der Waals surface area contributed by atoms with Crippen LogP contribution >= 0.6 is 0 Å². The summed E-state index contributed by atoms with van der Waals surface area (Å²) >= 11 is 0. The third-order valence-electron chi connectivity index (χ3n) is 2.92. The third kappa shape index (κ3) is 3.13. The maximum atomic E-state index is 13.5. The van der Waals surface area contributed by atoms with E-state index in [2.05, 4.69) is 10.4 Å². The lowest BCUT2D eigenvalue weighted by Gasteiger charge is -2.15. The van der Waals surface area contributed by atoms with Gasteiger partial charge in [-0.3, -0.25) is 9.59 Å². The third-order valence-corrected chi connectivity index (χ3v) is 2.92. The number of nitrogens with one attached hydrogen (secondary N) is 1. The number of para-hydroxylation sites is 1. The minimum Gasteiger partial charge on any atom is -0.319 e. The van der Waals surface area contributed by atoms with Gasteiger partial charge in [0.2, 0.25) is 5.91 Å². The highest BCUT2D eigenvalue weighted by Crippen LogP contribution is 2.19. The Bertz CT molecular complexity index is 723. The first-order chi connectivity index (χ1) is 9.90. The van der Waals surface area contributed by atoms with Crippen LogP contribution in [0.3, 0.4) is 0 Å². The number of carbonyl (C=O) groups excluding carboxylic acids is 1. The van der Waals surface area contributed by atoms with E-state index < -0.39 is 34.8 Å². The second-order valence-electron chi connectivity index (χ2n) is 4.52. The Hall–Kier alpha value is -2.57. The largest absolute Gasteiger partial charge is 0.319 e. The van der Waals surface area contributed by atoms with E-state index in [1.807, 2.05) is 0 Å². The van der Waals surface area contributed by atoms with Gasteiger partial charge in [0.15, 0.2) is 0 Å². The molecule has 1 N–H and O–H groups in total. The molecule has 2 rings (SSSR count). The van der Waals surface area contributed by atoms with Gasteiger partial charge in [-0.15, -0.1) is 0 Å². The Morgan fingerprint density at radius 3 is 2.48 bits per heavy atom. The minimum absolute atomic E-state index is 0.475. The van der Waals surface area contributed by atoms with Crippen LogP contribution in [0.15, 0.2) is 35.1 Å². The van der Waals surface area contributed by atoms with E-state index in [0.717, 1.165) is 16.8 Å². The molecule has 1 heterocycles. The van der Waals surface area contributed by atoms with Crippen molar-refractivity contribution in [2.45, 2.75) is 19.9 Å². The smallest absolute Gasteiger partial charge is 0.267 e. The van der Waals surface area contributed by atoms with Gasteiger partial charge in [0.25, 0.3) is 5.56 Å². The molecule has 0 aliphatic rings. The van der Waals surface area contributed by atoms with Crippen molar-refractivity contribution >= 4 is 11.6 Å². The molecule has 1 atom stereocenters. The van der Waals surface area contributed by atoms with Crippen LogP contribution in [0.25, 0.3) is 0 Å².